The minimum absolute atomic E-state index is 0.166. The molecule has 29 heavy (non-hydrogen) atoms. The molecule has 0 spiro atoms. The van der Waals surface area contributed by atoms with Gasteiger partial charge in [-0.15, -0.1) is 0 Å². The number of hydrogen-bond donors (Lipinski definition) is 0. The highest BCUT2D eigenvalue weighted by Crippen LogP contribution is 2.31. The normalized spacial score (nSPS) is 15.4. The van der Waals surface area contributed by atoms with Crippen LogP contribution in [0.15, 0.2) is 48.0 Å². The lowest BCUT2D eigenvalue weighted by atomic mass is 10.1. The Labute approximate surface area is 170 Å². The Hall–Kier alpha value is -3.28. The number of hydrogen-bond acceptors (Lipinski definition) is 6. The molecule has 1 saturated heterocycles. The van der Waals surface area contributed by atoms with Crippen molar-refractivity contribution in [3.05, 3.63) is 64.7 Å². The van der Waals surface area contributed by atoms with Crippen molar-refractivity contribution in [3.63, 3.8) is 0 Å². The molecule has 0 amide bonds. The Kier molecular flexibility index (Phi) is 5.92. The van der Waals surface area contributed by atoms with Crippen LogP contribution in [0.4, 0.5) is 0 Å². The van der Waals surface area contributed by atoms with Crippen LogP contribution in [0.5, 0.6) is 11.5 Å². The van der Waals surface area contributed by atoms with E-state index < -0.39 is 17.7 Å². The standard InChI is InChI=1S/C23H24O6/c1-5-26-20-13-16(12-18-21(24)28-23(3,4)29-22(18)25)9-10-19(20)27-14-17-8-6-7-15(2)11-17/h6-13H,5,14H2,1-4H3. The molecule has 6 heteroatoms. The second-order valence-electron chi connectivity index (χ2n) is 7.15. The fourth-order valence-electron chi connectivity index (χ4n) is 2.91. The molecule has 0 aromatic heterocycles. The van der Waals surface area contributed by atoms with Crippen LogP contribution in [0.1, 0.15) is 37.5 Å². The van der Waals surface area contributed by atoms with E-state index in [4.69, 9.17) is 18.9 Å². The van der Waals surface area contributed by atoms with E-state index in [0.717, 1.165) is 11.1 Å². The molecule has 1 fully saturated rings. The number of carbonyl (C=O) groups is 2. The quantitative estimate of drug-likeness (QED) is 0.414. The first-order valence-corrected chi connectivity index (χ1v) is 9.41. The minimum atomic E-state index is -1.27. The molecule has 0 bridgehead atoms. The van der Waals surface area contributed by atoms with Gasteiger partial charge in [-0.3, -0.25) is 0 Å². The fraction of sp³-hybridized carbons (Fsp3) is 0.304. The summed E-state index contributed by atoms with van der Waals surface area (Å²) in [6.45, 7) is 7.75. The molecule has 2 aromatic rings. The van der Waals surface area contributed by atoms with Crippen LogP contribution in [0.3, 0.4) is 0 Å². The van der Waals surface area contributed by atoms with Gasteiger partial charge in [-0.2, -0.15) is 0 Å². The molecule has 6 nitrogen and oxygen atoms in total. The summed E-state index contributed by atoms with van der Waals surface area (Å²) in [5.74, 6) is -1.61. The van der Waals surface area contributed by atoms with Crippen molar-refractivity contribution in [2.45, 2.75) is 40.1 Å². The van der Waals surface area contributed by atoms with Crippen LogP contribution in [0.2, 0.25) is 0 Å². The number of aryl methyl sites for hydroxylation is 1. The van der Waals surface area contributed by atoms with E-state index in [1.54, 1.807) is 18.2 Å². The molecule has 0 aliphatic carbocycles. The number of rotatable bonds is 6. The summed E-state index contributed by atoms with van der Waals surface area (Å²) in [7, 11) is 0. The maximum absolute atomic E-state index is 12.1. The average Bonchev–Trinajstić information content (AvgIpc) is 2.63. The Bertz CT molecular complexity index is 936. The van der Waals surface area contributed by atoms with Gasteiger partial charge < -0.3 is 18.9 Å². The highest BCUT2D eigenvalue weighted by molar-refractivity contribution is 6.18. The summed E-state index contributed by atoms with van der Waals surface area (Å²) >= 11 is 0. The zero-order valence-electron chi connectivity index (χ0n) is 17.0. The zero-order chi connectivity index (χ0) is 21.0. The SMILES string of the molecule is CCOc1cc(C=C2C(=O)OC(C)(C)OC2=O)ccc1OCc1cccc(C)c1. The third-order valence-corrected chi connectivity index (χ3v) is 4.17. The number of esters is 2. The molecule has 0 saturated carbocycles. The first-order chi connectivity index (χ1) is 13.8. The molecule has 152 valence electrons. The van der Waals surface area contributed by atoms with Crippen LogP contribution < -0.4 is 9.47 Å². The van der Waals surface area contributed by atoms with Gasteiger partial charge in [0.25, 0.3) is 5.79 Å². The van der Waals surface area contributed by atoms with Crippen molar-refractivity contribution in [1.82, 2.24) is 0 Å². The van der Waals surface area contributed by atoms with Gasteiger partial charge in [0, 0.05) is 13.8 Å². The molecule has 0 unspecified atom stereocenters. The van der Waals surface area contributed by atoms with E-state index in [1.165, 1.54) is 19.9 Å². The number of cyclic esters (lactones) is 2. The average molecular weight is 396 g/mol. The Morgan fingerprint density at radius 3 is 2.34 bits per heavy atom. The van der Waals surface area contributed by atoms with E-state index in [0.29, 0.717) is 30.3 Å². The van der Waals surface area contributed by atoms with Crippen molar-refractivity contribution in [2.24, 2.45) is 0 Å². The first kappa shape index (κ1) is 20.5. The molecule has 0 radical (unpaired) electrons. The van der Waals surface area contributed by atoms with E-state index in [2.05, 4.69) is 6.07 Å². The lowest BCUT2D eigenvalue weighted by molar-refractivity contribution is -0.222. The van der Waals surface area contributed by atoms with Crippen molar-refractivity contribution in [2.75, 3.05) is 6.61 Å². The number of benzene rings is 2. The molecule has 0 N–H and O–H groups in total. The third-order valence-electron chi connectivity index (χ3n) is 4.17. The highest BCUT2D eigenvalue weighted by Gasteiger charge is 2.38. The lowest BCUT2D eigenvalue weighted by Crippen LogP contribution is -2.41. The molecule has 3 rings (SSSR count). The molecular formula is C23H24O6. The van der Waals surface area contributed by atoms with Crippen LogP contribution in [-0.2, 0) is 25.7 Å². The highest BCUT2D eigenvalue weighted by atomic mass is 16.7. The summed E-state index contributed by atoms with van der Waals surface area (Å²) in [4.78, 5) is 24.3. The van der Waals surface area contributed by atoms with Gasteiger partial charge in [-0.1, -0.05) is 35.9 Å². The molecular weight excluding hydrogens is 372 g/mol. The second-order valence-corrected chi connectivity index (χ2v) is 7.15. The van der Waals surface area contributed by atoms with Crippen molar-refractivity contribution in [1.29, 1.82) is 0 Å². The Morgan fingerprint density at radius 2 is 1.69 bits per heavy atom. The maximum Gasteiger partial charge on any atom is 0.348 e. The van der Waals surface area contributed by atoms with Crippen molar-refractivity contribution < 1.29 is 28.5 Å². The molecule has 1 aliphatic heterocycles. The fourth-order valence-corrected chi connectivity index (χ4v) is 2.91. The van der Waals surface area contributed by atoms with Crippen molar-refractivity contribution in [3.8, 4) is 11.5 Å². The Morgan fingerprint density at radius 1 is 0.966 bits per heavy atom. The summed E-state index contributed by atoms with van der Waals surface area (Å²) in [6.07, 6.45) is 1.42. The molecule has 1 aliphatic rings. The topological polar surface area (TPSA) is 71.1 Å². The first-order valence-electron chi connectivity index (χ1n) is 9.41. The van der Waals surface area contributed by atoms with E-state index in [1.807, 2.05) is 32.0 Å². The van der Waals surface area contributed by atoms with Gasteiger partial charge in [0.2, 0.25) is 0 Å². The van der Waals surface area contributed by atoms with Crippen LogP contribution in [0.25, 0.3) is 6.08 Å². The smallest absolute Gasteiger partial charge is 0.348 e. The van der Waals surface area contributed by atoms with Gasteiger partial charge in [0.05, 0.1) is 6.61 Å². The van der Waals surface area contributed by atoms with Crippen LogP contribution in [-0.4, -0.2) is 24.3 Å². The third kappa shape index (κ3) is 5.16. The monoisotopic (exact) mass is 396 g/mol. The van der Waals surface area contributed by atoms with E-state index >= 15 is 0 Å². The Balaban J connectivity index is 1.82. The van der Waals surface area contributed by atoms with Gasteiger partial charge >= 0.3 is 11.9 Å². The maximum atomic E-state index is 12.1. The van der Waals surface area contributed by atoms with E-state index in [-0.39, 0.29) is 5.57 Å². The summed E-state index contributed by atoms with van der Waals surface area (Å²) in [6, 6.07) is 13.3. The number of carbonyl (C=O) groups excluding carboxylic acids is 2. The minimum Gasteiger partial charge on any atom is -0.490 e. The largest absolute Gasteiger partial charge is 0.490 e. The van der Waals surface area contributed by atoms with Crippen LogP contribution >= 0.6 is 0 Å². The molecule has 0 atom stereocenters. The second kappa shape index (κ2) is 8.39. The van der Waals surface area contributed by atoms with Crippen molar-refractivity contribution >= 4 is 18.0 Å². The zero-order valence-corrected chi connectivity index (χ0v) is 17.0. The van der Waals surface area contributed by atoms with Gasteiger partial charge in [0.15, 0.2) is 11.5 Å². The molecule has 2 aromatic carbocycles. The van der Waals surface area contributed by atoms with Gasteiger partial charge in [-0.25, -0.2) is 9.59 Å². The van der Waals surface area contributed by atoms with Gasteiger partial charge in [-0.05, 0) is 43.2 Å². The summed E-state index contributed by atoms with van der Waals surface area (Å²) in [5.41, 5.74) is 2.64. The van der Waals surface area contributed by atoms with Gasteiger partial charge in [0.1, 0.15) is 12.2 Å². The summed E-state index contributed by atoms with van der Waals surface area (Å²) in [5, 5.41) is 0. The lowest BCUT2D eigenvalue weighted by Gasteiger charge is -2.29. The van der Waals surface area contributed by atoms with E-state index in [9.17, 15) is 9.59 Å². The van der Waals surface area contributed by atoms with Crippen LogP contribution in [0, 0.1) is 6.92 Å². The number of ether oxygens (including phenoxy) is 4. The predicted octanol–water partition coefficient (Wildman–Crippen LogP) is 4.19. The predicted molar refractivity (Wildman–Crippen MR) is 107 cm³/mol. The summed E-state index contributed by atoms with van der Waals surface area (Å²) < 4.78 is 21.8. The molecule has 1 heterocycles.